The number of hydrogen-bond donors (Lipinski definition) is 3. The first-order valence-electron chi connectivity index (χ1n) is 6.65. The molecule has 2 fully saturated rings. The summed E-state index contributed by atoms with van der Waals surface area (Å²) < 4.78 is 0. The molecule has 1 spiro atoms. The summed E-state index contributed by atoms with van der Waals surface area (Å²) in [5, 5.41) is 9.37. The quantitative estimate of drug-likeness (QED) is 0.536. The fourth-order valence-corrected chi connectivity index (χ4v) is 4.42. The first-order valence-corrected chi connectivity index (χ1v) is 7.64. The minimum absolute atomic E-state index is 0.240. The molecular formula is C12H20N4O4S. The van der Waals surface area contributed by atoms with Gasteiger partial charge < -0.3 is 26.4 Å². The third-order valence-corrected chi connectivity index (χ3v) is 5.40. The second-order valence-electron chi connectivity index (χ2n) is 5.53. The van der Waals surface area contributed by atoms with Crippen LogP contribution in [-0.4, -0.2) is 74.5 Å². The van der Waals surface area contributed by atoms with E-state index in [1.54, 1.807) is 0 Å². The predicted molar refractivity (Wildman–Crippen MR) is 76.9 cm³/mol. The van der Waals surface area contributed by atoms with Gasteiger partial charge in [0.15, 0.2) is 0 Å². The van der Waals surface area contributed by atoms with E-state index in [4.69, 9.17) is 11.5 Å². The molecule has 0 aliphatic carbocycles. The number of primary amides is 1. The Balaban J connectivity index is 2.09. The minimum Gasteiger partial charge on any atom is -0.391 e. The average molecular weight is 316 g/mol. The fraction of sp³-hybridized carbons (Fsp3) is 0.750. The van der Waals surface area contributed by atoms with Crippen molar-refractivity contribution in [2.75, 3.05) is 18.8 Å². The molecule has 21 heavy (non-hydrogen) atoms. The van der Waals surface area contributed by atoms with Gasteiger partial charge in [0.05, 0.1) is 19.2 Å². The molecule has 5 N–H and O–H groups in total. The molecule has 3 atom stereocenters. The summed E-state index contributed by atoms with van der Waals surface area (Å²) in [6, 6.07) is -1.62. The highest BCUT2D eigenvalue weighted by Gasteiger charge is 2.58. The Bertz CT molecular complexity index is 478. The van der Waals surface area contributed by atoms with E-state index in [-0.39, 0.29) is 11.8 Å². The van der Waals surface area contributed by atoms with Crippen LogP contribution in [0.2, 0.25) is 0 Å². The molecule has 118 valence electrons. The molecule has 2 aliphatic heterocycles. The van der Waals surface area contributed by atoms with Gasteiger partial charge in [0.2, 0.25) is 17.7 Å². The number of nitrogens with zero attached hydrogens (tertiary/aromatic N) is 2. The van der Waals surface area contributed by atoms with Crippen LogP contribution in [0.1, 0.15) is 13.8 Å². The van der Waals surface area contributed by atoms with Crippen molar-refractivity contribution >= 4 is 29.5 Å². The number of carbonyl (C=O) groups excluding carboxylic acids is 3. The summed E-state index contributed by atoms with van der Waals surface area (Å²) in [5.74, 6) is -0.711. The summed E-state index contributed by atoms with van der Waals surface area (Å²) in [4.78, 5) is 37.7. The molecule has 2 rings (SSSR count). The van der Waals surface area contributed by atoms with Crippen LogP contribution in [0.5, 0.6) is 0 Å². The van der Waals surface area contributed by atoms with Crippen LogP contribution < -0.4 is 11.5 Å². The lowest BCUT2D eigenvalue weighted by molar-refractivity contribution is -0.153. The molecule has 0 saturated carbocycles. The van der Waals surface area contributed by atoms with Gasteiger partial charge in [0.1, 0.15) is 17.0 Å². The number of likely N-dealkylation sites (tertiary alicyclic amines) is 1. The molecule has 0 unspecified atom stereocenters. The van der Waals surface area contributed by atoms with Crippen molar-refractivity contribution in [2.45, 2.75) is 36.9 Å². The van der Waals surface area contributed by atoms with E-state index in [0.29, 0.717) is 18.8 Å². The molecule has 8 nitrogen and oxygen atoms in total. The SMILES string of the molecule is CC(=O)N1[C@H](C(N)=O)CSC12CN(C(=O)[C@@H](N)[C@@H](C)O)C2. The van der Waals surface area contributed by atoms with Crippen molar-refractivity contribution in [3.63, 3.8) is 0 Å². The van der Waals surface area contributed by atoms with Gasteiger partial charge in [-0.15, -0.1) is 11.8 Å². The Labute approximate surface area is 126 Å². The zero-order chi connectivity index (χ0) is 15.9. The Morgan fingerprint density at radius 1 is 1.38 bits per heavy atom. The molecule has 0 bridgehead atoms. The molecular weight excluding hydrogens is 296 g/mol. The van der Waals surface area contributed by atoms with Crippen LogP contribution in [0, 0.1) is 0 Å². The van der Waals surface area contributed by atoms with Crippen LogP contribution in [0.15, 0.2) is 0 Å². The zero-order valence-corrected chi connectivity index (χ0v) is 12.8. The van der Waals surface area contributed by atoms with Crippen molar-refractivity contribution in [3.05, 3.63) is 0 Å². The van der Waals surface area contributed by atoms with Gasteiger partial charge in [-0.1, -0.05) is 0 Å². The standard InChI is InChI=1S/C12H20N4O4S/c1-6(17)9(13)11(20)15-4-12(5-15)16(7(2)18)8(3-21-12)10(14)19/h6,8-9,17H,3-5,13H2,1-2H3,(H2,14,19)/t6-,8+,9+/m1/s1. The van der Waals surface area contributed by atoms with Crippen molar-refractivity contribution < 1.29 is 19.5 Å². The summed E-state index contributed by atoms with van der Waals surface area (Å²) >= 11 is 1.45. The maximum Gasteiger partial charge on any atom is 0.242 e. The maximum atomic E-state index is 12.0. The molecule has 9 heteroatoms. The van der Waals surface area contributed by atoms with E-state index in [2.05, 4.69) is 0 Å². The number of aliphatic hydroxyl groups is 1. The summed E-state index contributed by atoms with van der Waals surface area (Å²) in [5.41, 5.74) is 11.0. The van der Waals surface area contributed by atoms with E-state index in [0.717, 1.165) is 0 Å². The highest BCUT2D eigenvalue weighted by molar-refractivity contribution is 8.01. The number of aliphatic hydroxyl groups excluding tert-OH is 1. The topological polar surface area (TPSA) is 130 Å². The third-order valence-electron chi connectivity index (χ3n) is 3.92. The smallest absolute Gasteiger partial charge is 0.242 e. The summed E-state index contributed by atoms with van der Waals surface area (Å²) in [6.45, 7) is 3.42. The van der Waals surface area contributed by atoms with Crippen molar-refractivity contribution in [1.82, 2.24) is 9.80 Å². The first-order chi connectivity index (χ1) is 9.69. The number of hydrogen-bond acceptors (Lipinski definition) is 6. The molecule has 0 radical (unpaired) electrons. The van der Waals surface area contributed by atoms with Crippen LogP contribution in [-0.2, 0) is 14.4 Å². The Kier molecular flexibility index (Phi) is 4.18. The van der Waals surface area contributed by atoms with Gasteiger partial charge in [-0.2, -0.15) is 0 Å². The van der Waals surface area contributed by atoms with Crippen LogP contribution in [0.25, 0.3) is 0 Å². The first kappa shape index (κ1) is 16.1. The number of amides is 3. The average Bonchev–Trinajstić information content (AvgIpc) is 2.75. The minimum atomic E-state index is -0.980. The predicted octanol–water partition coefficient (Wildman–Crippen LogP) is -2.32. The lowest BCUT2D eigenvalue weighted by Crippen LogP contribution is -2.72. The monoisotopic (exact) mass is 316 g/mol. The van der Waals surface area contributed by atoms with Crippen LogP contribution >= 0.6 is 11.8 Å². The molecule has 0 aromatic rings. The van der Waals surface area contributed by atoms with E-state index in [1.807, 2.05) is 0 Å². The fourth-order valence-electron chi connectivity index (χ4n) is 2.74. The summed E-state index contributed by atoms with van der Waals surface area (Å²) in [7, 11) is 0. The van der Waals surface area contributed by atoms with Gasteiger partial charge in [0.25, 0.3) is 0 Å². The van der Waals surface area contributed by atoms with Gasteiger partial charge >= 0.3 is 0 Å². The van der Waals surface area contributed by atoms with Crippen molar-refractivity contribution in [2.24, 2.45) is 11.5 Å². The number of rotatable bonds is 3. The third kappa shape index (κ3) is 2.60. The Hall–Kier alpha value is -1.32. The normalized spacial score (nSPS) is 26.4. The van der Waals surface area contributed by atoms with Gasteiger partial charge in [-0.05, 0) is 6.92 Å². The van der Waals surface area contributed by atoms with E-state index in [1.165, 1.54) is 35.4 Å². The second kappa shape index (κ2) is 5.47. The number of carbonyl (C=O) groups is 3. The van der Waals surface area contributed by atoms with E-state index in [9.17, 15) is 19.5 Å². The van der Waals surface area contributed by atoms with E-state index >= 15 is 0 Å². The second-order valence-corrected chi connectivity index (χ2v) is 6.91. The Morgan fingerprint density at radius 2 is 1.95 bits per heavy atom. The lowest BCUT2D eigenvalue weighted by Gasteiger charge is -2.52. The van der Waals surface area contributed by atoms with E-state index < -0.39 is 29.0 Å². The zero-order valence-electron chi connectivity index (χ0n) is 12.0. The van der Waals surface area contributed by atoms with Gasteiger partial charge in [-0.25, -0.2) is 0 Å². The van der Waals surface area contributed by atoms with Gasteiger partial charge in [-0.3, -0.25) is 14.4 Å². The molecule has 0 aromatic carbocycles. The van der Waals surface area contributed by atoms with Crippen LogP contribution in [0.3, 0.4) is 0 Å². The molecule has 2 aliphatic rings. The van der Waals surface area contributed by atoms with Crippen LogP contribution in [0.4, 0.5) is 0 Å². The van der Waals surface area contributed by atoms with Crippen molar-refractivity contribution in [1.29, 1.82) is 0 Å². The molecule has 2 saturated heterocycles. The van der Waals surface area contributed by atoms with Gasteiger partial charge in [0, 0.05) is 12.7 Å². The summed E-state index contributed by atoms with van der Waals surface area (Å²) in [6.07, 6.45) is -0.937. The highest BCUT2D eigenvalue weighted by atomic mass is 32.2. The molecule has 3 amide bonds. The highest BCUT2D eigenvalue weighted by Crippen LogP contribution is 2.46. The number of thioether (sulfide) groups is 1. The molecule has 2 heterocycles. The lowest BCUT2D eigenvalue weighted by atomic mass is 10.0. The number of nitrogens with two attached hydrogens (primary N) is 2. The molecule has 0 aromatic heterocycles. The maximum absolute atomic E-state index is 12.0. The largest absolute Gasteiger partial charge is 0.391 e. The van der Waals surface area contributed by atoms with Crippen molar-refractivity contribution in [3.8, 4) is 0 Å². The Morgan fingerprint density at radius 3 is 2.38 bits per heavy atom.